The van der Waals surface area contributed by atoms with Crippen LogP contribution in [0.1, 0.15) is 43.6 Å². The van der Waals surface area contributed by atoms with Crippen molar-refractivity contribution in [1.82, 2.24) is 4.90 Å². The molecule has 1 fully saturated rings. The predicted molar refractivity (Wildman–Crippen MR) is 98.7 cm³/mol. The van der Waals surface area contributed by atoms with E-state index in [1.165, 1.54) is 0 Å². The molecular weight excluding hydrogens is 328 g/mol. The summed E-state index contributed by atoms with van der Waals surface area (Å²) in [7, 11) is 0. The van der Waals surface area contributed by atoms with Crippen LogP contribution < -0.4 is 4.90 Å². The maximum Gasteiger partial charge on any atom is 0.243 e. The molecular formula is C21H24N2O3. The molecule has 3 heterocycles. The van der Waals surface area contributed by atoms with E-state index in [2.05, 4.69) is 6.92 Å². The van der Waals surface area contributed by atoms with Crippen LogP contribution in [0.25, 0.3) is 0 Å². The number of piperidine rings is 1. The fourth-order valence-corrected chi connectivity index (χ4v) is 4.09. The fraction of sp³-hybridized carbons (Fsp3) is 0.429. The van der Waals surface area contributed by atoms with E-state index in [0.717, 1.165) is 36.3 Å². The summed E-state index contributed by atoms with van der Waals surface area (Å²) in [6.07, 6.45) is 4.73. The summed E-state index contributed by atoms with van der Waals surface area (Å²) in [5.41, 5.74) is 2.01. The van der Waals surface area contributed by atoms with Crippen LogP contribution in [0, 0.1) is 5.92 Å². The Bertz CT molecular complexity index is 799. The van der Waals surface area contributed by atoms with Crippen molar-refractivity contribution in [2.75, 3.05) is 18.0 Å². The average molecular weight is 352 g/mol. The van der Waals surface area contributed by atoms with E-state index in [9.17, 15) is 9.59 Å². The van der Waals surface area contributed by atoms with Crippen LogP contribution in [-0.2, 0) is 16.0 Å². The third-order valence-electron chi connectivity index (χ3n) is 5.54. The van der Waals surface area contributed by atoms with Gasteiger partial charge < -0.3 is 14.2 Å². The van der Waals surface area contributed by atoms with Crippen molar-refractivity contribution in [1.29, 1.82) is 0 Å². The summed E-state index contributed by atoms with van der Waals surface area (Å²) in [6, 6.07) is 11.6. The number of hydrogen-bond donors (Lipinski definition) is 0. The SMILES string of the molecule is CC1CCN(C(=O)CN2C(=O)CCc3ccccc32)C(c2ccco2)C1. The second-order valence-electron chi connectivity index (χ2n) is 7.36. The minimum atomic E-state index is -0.0450. The number of likely N-dealkylation sites (tertiary alicyclic amines) is 1. The van der Waals surface area contributed by atoms with Gasteiger partial charge in [-0.25, -0.2) is 0 Å². The van der Waals surface area contributed by atoms with Crippen LogP contribution in [0.4, 0.5) is 5.69 Å². The van der Waals surface area contributed by atoms with Crippen LogP contribution in [0.15, 0.2) is 47.1 Å². The Balaban J connectivity index is 1.56. The molecule has 2 unspecified atom stereocenters. The van der Waals surface area contributed by atoms with Crippen molar-refractivity contribution in [3.63, 3.8) is 0 Å². The number of furan rings is 1. The number of nitrogens with zero attached hydrogens (tertiary/aromatic N) is 2. The van der Waals surface area contributed by atoms with Crippen molar-refractivity contribution >= 4 is 17.5 Å². The van der Waals surface area contributed by atoms with Gasteiger partial charge in [0.05, 0.1) is 12.3 Å². The predicted octanol–water partition coefficient (Wildman–Crippen LogP) is 3.56. The second-order valence-corrected chi connectivity index (χ2v) is 7.36. The molecule has 1 aromatic heterocycles. The van der Waals surface area contributed by atoms with Crippen LogP contribution >= 0.6 is 0 Å². The third kappa shape index (κ3) is 3.14. The van der Waals surface area contributed by atoms with E-state index in [1.807, 2.05) is 41.3 Å². The molecule has 2 aromatic rings. The van der Waals surface area contributed by atoms with Gasteiger partial charge in [0.2, 0.25) is 11.8 Å². The first kappa shape index (κ1) is 16.9. The Morgan fingerprint density at radius 3 is 2.85 bits per heavy atom. The molecule has 5 heteroatoms. The summed E-state index contributed by atoms with van der Waals surface area (Å²) < 4.78 is 5.59. The Morgan fingerprint density at radius 2 is 2.04 bits per heavy atom. The second kappa shape index (κ2) is 6.98. The fourth-order valence-electron chi connectivity index (χ4n) is 4.09. The van der Waals surface area contributed by atoms with Crippen LogP contribution in [-0.4, -0.2) is 29.8 Å². The molecule has 0 N–H and O–H groups in total. The number of benzene rings is 1. The van der Waals surface area contributed by atoms with Crippen molar-refractivity contribution in [3.05, 3.63) is 54.0 Å². The minimum Gasteiger partial charge on any atom is -0.467 e. The number of rotatable bonds is 3. The lowest BCUT2D eigenvalue weighted by Crippen LogP contribution is -2.48. The van der Waals surface area contributed by atoms with Gasteiger partial charge in [-0.05, 0) is 48.9 Å². The molecule has 4 rings (SSSR count). The van der Waals surface area contributed by atoms with Gasteiger partial charge in [-0.3, -0.25) is 9.59 Å². The molecule has 26 heavy (non-hydrogen) atoms. The van der Waals surface area contributed by atoms with Gasteiger partial charge in [-0.1, -0.05) is 25.1 Å². The molecule has 0 radical (unpaired) electrons. The van der Waals surface area contributed by atoms with Crippen LogP contribution in [0.3, 0.4) is 0 Å². The summed E-state index contributed by atoms with van der Waals surface area (Å²) >= 11 is 0. The summed E-state index contributed by atoms with van der Waals surface area (Å²) in [5, 5.41) is 0. The summed E-state index contributed by atoms with van der Waals surface area (Å²) in [5.74, 6) is 1.39. The van der Waals surface area contributed by atoms with Gasteiger partial charge in [0.15, 0.2) is 0 Å². The van der Waals surface area contributed by atoms with Gasteiger partial charge in [-0.15, -0.1) is 0 Å². The maximum atomic E-state index is 13.1. The molecule has 5 nitrogen and oxygen atoms in total. The first-order valence-corrected chi connectivity index (χ1v) is 9.34. The van der Waals surface area contributed by atoms with E-state index < -0.39 is 0 Å². The normalized spacial score (nSPS) is 23.0. The zero-order valence-corrected chi connectivity index (χ0v) is 15.1. The third-order valence-corrected chi connectivity index (χ3v) is 5.54. The molecule has 2 amide bonds. The van der Waals surface area contributed by atoms with Gasteiger partial charge in [0, 0.05) is 18.7 Å². The largest absolute Gasteiger partial charge is 0.467 e. The van der Waals surface area contributed by atoms with Crippen LogP contribution in [0.2, 0.25) is 0 Å². The highest BCUT2D eigenvalue weighted by Crippen LogP contribution is 2.35. The van der Waals surface area contributed by atoms with Gasteiger partial charge >= 0.3 is 0 Å². The topological polar surface area (TPSA) is 53.8 Å². The van der Waals surface area contributed by atoms with Crippen molar-refractivity contribution in [3.8, 4) is 0 Å². The van der Waals surface area contributed by atoms with E-state index >= 15 is 0 Å². The van der Waals surface area contributed by atoms with E-state index in [1.54, 1.807) is 11.2 Å². The lowest BCUT2D eigenvalue weighted by Gasteiger charge is -2.39. The molecule has 0 spiro atoms. The smallest absolute Gasteiger partial charge is 0.243 e. The Morgan fingerprint density at radius 1 is 1.19 bits per heavy atom. The Hall–Kier alpha value is -2.56. The lowest BCUT2D eigenvalue weighted by molar-refractivity contribution is -0.136. The zero-order chi connectivity index (χ0) is 18.1. The molecule has 0 bridgehead atoms. The summed E-state index contributed by atoms with van der Waals surface area (Å²) in [6.45, 7) is 3.01. The van der Waals surface area contributed by atoms with E-state index in [0.29, 0.717) is 18.9 Å². The first-order valence-electron chi connectivity index (χ1n) is 9.34. The first-order chi connectivity index (χ1) is 12.6. The van der Waals surface area contributed by atoms with Gasteiger partial charge in [-0.2, -0.15) is 0 Å². The van der Waals surface area contributed by atoms with Crippen molar-refractivity contribution in [2.45, 2.75) is 38.6 Å². The number of fused-ring (bicyclic) bond motifs is 1. The van der Waals surface area contributed by atoms with E-state index in [-0.39, 0.29) is 24.4 Å². The number of hydrogen-bond acceptors (Lipinski definition) is 3. The Labute approximate surface area is 153 Å². The molecule has 1 aromatic carbocycles. The number of para-hydroxylation sites is 1. The molecule has 136 valence electrons. The monoisotopic (exact) mass is 352 g/mol. The Kier molecular flexibility index (Phi) is 4.53. The lowest BCUT2D eigenvalue weighted by atomic mass is 9.91. The molecule has 1 saturated heterocycles. The minimum absolute atomic E-state index is 0.0108. The number of amides is 2. The highest BCUT2D eigenvalue weighted by atomic mass is 16.3. The zero-order valence-electron chi connectivity index (χ0n) is 15.1. The molecule has 2 atom stereocenters. The van der Waals surface area contributed by atoms with E-state index in [4.69, 9.17) is 4.42 Å². The number of anilines is 1. The number of carbonyl (C=O) groups excluding carboxylic acids is 2. The van der Waals surface area contributed by atoms with Gasteiger partial charge in [0.1, 0.15) is 12.3 Å². The van der Waals surface area contributed by atoms with Crippen molar-refractivity contribution < 1.29 is 14.0 Å². The average Bonchev–Trinajstić information content (AvgIpc) is 3.18. The molecule has 2 aliphatic heterocycles. The quantitative estimate of drug-likeness (QED) is 0.849. The number of carbonyl (C=O) groups is 2. The number of aryl methyl sites for hydroxylation is 1. The summed E-state index contributed by atoms with van der Waals surface area (Å²) in [4.78, 5) is 29.1. The maximum absolute atomic E-state index is 13.1. The molecule has 0 saturated carbocycles. The highest BCUT2D eigenvalue weighted by molar-refractivity contribution is 6.01. The standard InChI is InChI=1S/C21H24N2O3/c1-15-10-11-22(18(13-15)19-7-4-12-26-19)21(25)14-23-17-6-3-2-5-16(17)8-9-20(23)24/h2-7,12,15,18H,8-11,13-14H2,1H3. The highest BCUT2D eigenvalue weighted by Gasteiger charge is 2.35. The molecule has 0 aliphatic carbocycles. The van der Waals surface area contributed by atoms with Gasteiger partial charge in [0.25, 0.3) is 0 Å². The molecule has 2 aliphatic rings. The van der Waals surface area contributed by atoms with Crippen LogP contribution in [0.5, 0.6) is 0 Å². The van der Waals surface area contributed by atoms with Crippen molar-refractivity contribution in [2.24, 2.45) is 5.92 Å².